The molecule has 0 bridgehead atoms. The SMILES string of the molecule is CC(C)=CCC[C@@]1([C@H]2CC[C@@]3(C)[C@H]4CC[C@@H]5C(C)(C)[C@@H](O)CC[C@@]56C[C@@]46CC[C@]23C)CO1. The Balaban J connectivity index is 1.29. The van der Waals surface area contributed by atoms with Crippen LogP contribution in [0.5, 0.6) is 0 Å². The molecule has 0 aromatic carbocycles. The van der Waals surface area contributed by atoms with Gasteiger partial charge in [-0.2, -0.15) is 0 Å². The van der Waals surface area contributed by atoms with E-state index in [2.05, 4.69) is 47.6 Å². The van der Waals surface area contributed by atoms with Crippen molar-refractivity contribution in [3.05, 3.63) is 11.6 Å². The average Bonchev–Trinajstić information content (AvgIpc) is 3.60. The molecule has 2 spiro atoms. The van der Waals surface area contributed by atoms with Gasteiger partial charge in [0, 0.05) is 0 Å². The molecule has 2 nitrogen and oxygen atoms in total. The molecule has 5 aliphatic carbocycles. The summed E-state index contributed by atoms with van der Waals surface area (Å²) < 4.78 is 6.36. The molecule has 1 heterocycles. The van der Waals surface area contributed by atoms with E-state index in [9.17, 15) is 5.11 Å². The van der Waals surface area contributed by atoms with Crippen LogP contribution in [0.1, 0.15) is 112 Å². The first-order chi connectivity index (χ1) is 15.0. The number of epoxide rings is 1. The molecule has 6 rings (SSSR count). The van der Waals surface area contributed by atoms with Crippen LogP contribution >= 0.6 is 0 Å². The van der Waals surface area contributed by atoms with Crippen molar-refractivity contribution in [2.45, 2.75) is 124 Å². The fourth-order valence-corrected chi connectivity index (χ4v) is 11.4. The van der Waals surface area contributed by atoms with Crippen molar-refractivity contribution < 1.29 is 9.84 Å². The van der Waals surface area contributed by atoms with E-state index in [0.29, 0.717) is 21.7 Å². The van der Waals surface area contributed by atoms with E-state index in [-0.39, 0.29) is 17.1 Å². The van der Waals surface area contributed by atoms with Gasteiger partial charge in [0.15, 0.2) is 0 Å². The van der Waals surface area contributed by atoms with E-state index in [1.165, 1.54) is 69.8 Å². The quantitative estimate of drug-likeness (QED) is 0.367. The predicted molar refractivity (Wildman–Crippen MR) is 130 cm³/mol. The molecule has 1 saturated heterocycles. The van der Waals surface area contributed by atoms with Gasteiger partial charge in [-0.1, -0.05) is 39.3 Å². The molecule has 9 atom stereocenters. The molecule has 0 amide bonds. The normalized spacial score (nSPS) is 57.0. The number of aliphatic hydroxyl groups excluding tert-OH is 1. The van der Waals surface area contributed by atoms with Gasteiger partial charge >= 0.3 is 0 Å². The van der Waals surface area contributed by atoms with Gasteiger partial charge in [-0.15, -0.1) is 0 Å². The van der Waals surface area contributed by atoms with Crippen LogP contribution < -0.4 is 0 Å². The zero-order valence-electron chi connectivity index (χ0n) is 21.7. The monoisotopic (exact) mass is 440 g/mol. The van der Waals surface area contributed by atoms with Gasteiger partial charge in [0.05, 0.1) is 18.3 Å². The first-order valence-electron chi connectivity index (χ1n) is 13.9. The van der Waals surface area contributed by atoms with Crippen molar-refractivity contribution in [2.24, 2.45) is 44.8 Å². The molecule has 5 saturated carbocycles. The van der Waals surface area contributed by atoms with Gasteiger partial charge in [-0.3, -0.25) is 0 Å². The van der Waals surface area contributed by atoms with Gasteiger partial charge < -0.3 is 9.84 Å². The molecule has 1 aliphatic heterocycles. The smallest absolute Gasteiger partial charge is 0.0952 e. The molecular formula is C30H48O2. The van der Waals surface area contributed by atoms with Crippen molar-refractivity contribution in [1.82, 2.24) is 0 Å². The van der Waals surface area contributed by atoms with Crippen LogP contribution in [0.4, 0.5) is 0 Å². The number of hydrogen-bond donors (Lipinski definition) is 1. The van der Waals surface area contributed by atoms with Gasteiger partial charge in [-0.05, 0) is 129 Å². The summed E-state index contributed by atoms with van der Waals surface area (Å²) >= 11 is 0. The molecule has 1 N–H and O–H groups in total. The van der Waals surface area contributed by atoms with Crippen LogP contribution in [-0.4, -0.2) is 23.4 Å². The zero-order valence-corrected chi connectivity index (χ0v) is 21.7. The first kappa shape index (κ1) is 22.1. The van der Waals surface area contributed by atoms with Crippen LogP contribution in [0.2, 0.25) is 0 Å². The van der Waals surface area contributed by atoms with Crippen molar-refractivity contribution in [1.29, 1.82) is 0 Å². The summed E-state index contributed by atoms with van der Waals surface area (Å²) in [6, 6.07) is 0. The second-order valence-corrected chi connectivity index (χ2v) is 14.6. The van der Waals surface area contributed by atoms with E-state index in [1.54, 1.807) is 0 Å². The number of aliphatic hydroxyl groups is 1. The molecule has 6 fully saturated rings. The third kappa shape index (κ3) is 2.45. The predicted octanol–water partition coefficient (Wildman–Crippen LogP) is 7.30. The van der Waals surface area contributed by atoms with Crippen LogP contribution in [-0.2, 0) is 4.74 Å². The first-order valence-corrected chi connectivity index (χ1v) is 13.9. The Bertz CT molecular complexity index is 834. The lowest BCUT2D eigenvalue weighted by Crippen LogP contribution is -2.58. The van der Waals surface area contributed by atoms with Crippen molar-refractivity contribution >= 4 is 0 Å². The maximum absolute atomic E-state index is 10.9. The Morgan fingerprint density at radius 3 is 2.19 bits per heavy atom. The Morgan fingerprint density at radius 1 is 0.844 bits per heavy atom. The molecule has 180 valence electrons. The second-order valence-electron chi connectivity index (χ2n) is 14.6. The number of hydrogen-bond acceptors (Lipinski definition) is 2. The summed E-state index contributed by atoms with van der Waals surface area (Å²) in [5, 5.41) is 10.9. The van der Waals surface area contributed by atoms with E-state index in [0.717, 1.165) is 30.8 Å². The minimum Gasteiger partial charge on any atom is -0.393 e. The molecule has 32 heavy (non-hydrogen) atoms. The number of fused-ring (bicyclic) bond motifs is 2. The highest BCUT2D eigenvalue weighted by Gasteiger charge is 2.83. The fourth-order valence-electron chi connectivity index (χ4n) is 11.4. The van der Waals surface area contributed by atoms with Crippen molar-refractivity contribution in [2.75, 3.05) is 6.61 Å². The average molecular weight is 441 g/mol. The summed E-state index contributed by atoms with van der Waals surface area (Å²) in [5.74, 6) is 2.39. The zero-order chi connectivity index (χ0) is 22.8. The lowest BCUT2D eigenvalue weighted by Gasteiger charge is -2.63. The molecule has 0 unspecified atom stereocenters. The molecule has 0 aromatic heterocycles. The topological polar surface area (TPSA) is 32.8 Å². The highest BCUT2D eigenvalue weighted by Crippen LogP contribution is 2.89. The summed E-state index contributed by atoms with van der Waals surface area (Å²) in [6.45, 7) is 15.6. The number of rotatable bonds is 4. The maximum atomic E-state index is 10.9. The van der Waals surface area contributed by atoms with Gasteiger partial charge in [0.1, 0.15) is 0 Å². The van der Waals surface area contributed by atoms with Crippen molar-refractivity contribution in [3.8, 4) is 0 Å². The Labute approximate surface area is 197 Å². The Hall–Kier alpha value is -0.340. The van der Waals surface area contributed by atoms with E-state index in [1.807, 2.05) is 0 Å². The largest absolute Gasteiger partial charge is 0.393 e. The molecule has 2 heteroatoms. The molecule has 6 aliphatic rings. The molecule has 0 aromatic rings. The summed E-state index contributed by atoms with van der Waals surface area (Å²) in [5.41, 5.74) is 3.78. The van der Waals surface area contributed by atoms with Crippen LogP contribution in [0, 0.1) is 44.8 Å². The minimum atomic E-state index is -0.0969. The van der Waals surface area contributed by atoms with Crippen molar-refractivity contribution in [3.63, 3.8) is 0 Å². The van der Waals surface area contributed by atoms with Crippen LogP contribution in [0.3, 0.4) is 0 Å². The summed E-state index contributed by atoms with van der Waals surface area (Å²) in [6.07, 6.45) is 17.0. The van der Waals surface area contributed by atoms with Crippen LogP contribution in [0.15, 0.2) is 11.6 Å². The van der Waals surface area contributed by atoms with Gasteiger partial charge in [-0.25, -0.2) is 0 Å². The highest BCUT2D eigenvalue weighted by atomic mass is 16.6. The lowest BCUT2D eigenvalue weighted by molar-refractivity contribution is -0.162. The third-order valence-electron chi connectivity index (χ3n) is 13.4. The maximum Gasteiger partial charge on any atom is 0.0952 e. The van der Waals surface area contributed by atoms with E-state index >= 15 is 0 Å². The summed E-state index contributed by atoms with van der Waals surface area (Å²) in [7, 11) is 0. The van der Waals surface area contributed by atoms with E-state index in [4.69, 9.17) is 4.74 Å². The summed E-state index contributed by atoms with van der Waals surface area (Å²) in [4.78, 5) is 0. The minimum absolute atomic E-state index is 0.0969. The third-order valence-corrected chi connectivity index (χ3v) is 13.4. The van der Waals surface area contributed by atoms with Crippen LogP contribution in [0.25, 0.3) is 0 Å². The van der Waals surface area contributed by atoms with Gasteiger partial charge in [0.25, 0.3) is 0 Å². The second kappa shape index (κ2) is 6.45. The van der Waals surface area contributed by atoms with Gasteiger partial charge in [0.2, 0.25) is 0 Å². The Kier molecular flexibility index (Phi) is 4.46. The molecule has 0 radical (unpaired) electrons. The number of allylic oxidation sites excluding steroid dienone is 2. The fraction of sp³-hybridized carbons (Fsp3) is 0.933. The molecular weight excluding hydrogens is 392 g/mol. The Morgan fingerprint density at radius 2 is 1.50 bits per heavy atom. The highest BCUT2D eigenvalue weighted by molar-refractivity contribution is 5.31. The standard InChI is InChI=1S/C30H48O2/c1-20(2)8-7-13-30(19-32-30)23-11-14-26(5)22-10-9-21-25(3,4)24(31)12-15-28(21)18-29(22,28)17-16-27(23,26)6/h8,21-24,31H,7,9-19H2,1-6H3/t21-,22-,23+,24+,26+,27-,28-,29+,30+/m1/s1. The van der Waals surface area contributed by atoms with E-state index < -0.39 is 0 Å². The lowest BCUT2D eigenvalue weighted by atomic mass is 9.41. The number of ether oxygens (including phenoxy) is 1.